The molecule has 0 unspecified atom stereocenters. The second-order valence-electron chi connectivity index (χ2n) is 7.93. The molecule has 0 aliphatic heterocycles. The van der Waals surface area contributed by atoms with Crippen LogP contribution in [0.5, 0.6) is 0 Å². The van der Waals surface area contributed by atoms with Crippen molar-refractivity contribution in [1.82, 2.24) is 14.2 Å². The lowest BCUT2D eigenvalue weighted by Gasteiger charge is -2.26. The molecule has 0 aromatic carbocycles. The lowest BCUT2D eigenvalue weighted by Crippen LogP contribution is -2.17. The Morgan fingerprint density at radius 1 is 1.27 bits per heavy atom. The van der Waals surface area contributed by atoms with Crippen molar-refractivity contribution in [2.75, 3.05) is 0 Å². The summed E-state index contributed by atoms with van der Waals surface area (Å²) in [5, 5.41) is 6.92. The molecule has 0 atom stereocenters. The van der Waals surface area contributed by atoms with Gasteiger partial charge in [-0.3, -0.25) is 4.79 Å². The van der Waals surface area contributed by atoms with Gasteiger partial charge in [-0.15, -0.1) is 11.3 Å². The molecule has 1 aliphatic rings. The van der Waals surface area contributed by atoms with Crippen LogP contribution in [0.15, 0.2) is 50.5 Å². The van der Waals surface area contributed by atoms with E-state index >= 15 is 0 Å². The van der Waals surface area contributed by atoms with E-state index in [0.29, 0.717) is 22.0 Å². The molecule has 5 rings (SSSR count). The van der Waals surface area contributed by atoms with Crippen LogP contribution in [0.3, 0.4) is 0 Å². The number of aryl methyl sites for hydroxylation is 1. The van der Waals surface area contributed by atoms with Gasteiger partial charge in [-0.05, 0) is 44.9 Å². The molecule has 4 aromatic heterocycles. The van der Waals surface area contributed by atoms with Gasteiger partial charge in [0.1, 0.15) is 16.9 Å². The number of aromatic nitrogens is 3. The van der Waals surface area contributed by atoms with E-state index in [1.54, 1.807) is 12.5 Å². The maximum Gasteiger partial charge on any atom is 0.283 e. The number of fused-ring (bicyclic) bond motifs is 1. The van der Waals surface area contributed by atoms with Gasteiger partial charge in [0.05, 0.1) is 17.9 Å². The van der Waals surface area contributed by atoms with E-state index in [2.05, 4.69) is 34.6 Å². The van der Waals surface area contributed by atoms with Crippen molar-refractivity contribution in [3.8, 4) is 11.3 Å². The Labute approximate surface area is 178 Å². The Hall–Kier alpha value is -2.93. The van der Waals surface area contributed by atoms with Crippen LogP contribution in [0.2, 0.25) is 0 Å². The van der Waals surface area contributed by atoms with Gasteiger partial charge < -0.3 is 8.98 Å². The first-order valence-corrected chi connectivity index (χ1v) is 11.3. The third-order valence-corrected chi connectivity index (χ3v) is 6.94. The predicted octanol–water partition coefficient (Wildman–Crippen LogP) is 5.52. The third-order valence-electron chi connectivity index (χ3n) is 6.05. The predicted molar refractivity (Wildman–Crippen MR) is 121 cm³/mol. The summed E-state index contributed by atoms with van der Waals surface area (Å²) in [6.07, 6.45) is 11.3. The van der Waals surface area contributed by atoms with Gasteiger partial charge in [0, 0.05) is 33.9 Å². The van der Waals surface area contributed by atoms with Crippen LogP contribution in [-0.4, -0.2) is 20.4 Å². The van der Waals surface area contributed by atoms with Crippen molar-refractivity contribution in [3.05, 3.63) is 63.5 Å². The molecular formula is C23H24N4O2S. The molecule has 4 heterocycles. The SMILES string of the molecule is Cc1cc(/C=N\n2cnc3scc(-c4ccco4)c3c2=O)c(C)n1C1CCCCC1. The maximum absolute atomic E-state index is 13.1. The van der Waals surface area contributed by atoms with Crippen LogP contribution in [0.25, 0.3) is 21.5 Å². The first-order chi connectivity index (χ1) is 14.6. The third kappa shape index (κ3) is 3.23. The highest BCUT2D eigenvalue weighted by Crippen LogP contribution is 2.32. The lowest BCUT2D eigenvalue weighted by molar-refractivity contribution is 0.346. The van der Waals surface area contributed by atoms with Crippen molar-refractivity contribution >= 4 is 27.8 Å². The molecule has 4 aromatic rings. The molecule has 0 radical (unpaired) electrons. The molecule has 0 saturated heterocycles. The van der Waals surface area contributed by atoms with Crippen LogP contribution < -0.4 is 5.56 Å². The van der Waals surface area contributed by atoms with E-state index < -0.39 is 0 Å². The number of thiophene rings is 1. The zero-order valence-corrected chi connectivity index (χ0v) is 18.0. The zero-order valence-electron chi connectivity index (χ0n) is 17.2. The summed E-state index contributed by atoms with van der Waals surface area (Å²) in [5.74, 6) is 0.665. The smallest absolute Gasteiger partial charge is 0.283 e. The van der Waals surface area contributed by atoms with Crippen LogP contribution >= 0.6 is 11.3 Å². The highest BCUT2D eigenvalue weighted by Gasteiger charge is 2.20. The van der Waals surface area contributed by atoms with Gasteiger partial charge in [0.25, 0.3) is 5.56 Å². The van der Waals surface area contributed by atoms with Gasteiger partial charge >= 0.3 is 0 Å². The fourth-order valence-corrected chi connectivity index (χ4v) is 5.46. The summed E-state index contributed by atoms with van der Waals surface area (Å²) < 4.78 is 9.25. The van der Waals surface area contributed by atoms with Crippen molar-refractivity contribution in [1.29, 1.82) is 0 Å². The van der Waals surface area contributed by atoms with Crippen LogP contribution in [0, 0.1) is 13.8 Å². The summed E-state index contributed by atoms with van der Waals surface area (Å²) in [6.45, 7) is 4.29. The molecule has 1 fully saturated rings. The summed E-state index contributed by atoms with van der Waals surface area (Å²) in [4.78, 5) is 18.2. The molecule has 6 nitrogen and oxygen atoms in total. The average molecular weight is 421 g/mol. The minimum absolute atomic E-state index is 0.190. The van der Waals surface area contributed by atoms with E-state index in [9.17, 15) is 4.79 Å². The minimum atomic E-state index is -0.190. The Bertz CT molecular complexity index is 1270. The second-order valence-corrected chi connectivity index (χ2v) is 8.79. The molecule has 154 valence electrons. The molecule has 0 bridgehead atoms. The lowest BCUT2D eigenvalue weighted by atomic mass is 9.95. The van der Waals surface area contributed by atoms with E-state index in [0.717, 1.165) is 11.1 Å². The Kier molecular flexibility index (Phi) is 4.90. The first-order valence-electron chi connectivity index (χ1n) is 10.4. The van der Waals surface area contributed by atoms with E-state index in [-0.39, 0.29) is 5.56 Å². The van der Waals surface area contributed by atoms with Gasteiger partial charge in [0.15, 0.2) is 0 Å². The topological polar surface area (TPSA) is 65.3 Å². The Balaban J connectivity index is 1.51. The average Bonchev–Trinajstić information content (AvgIpc) is 3.48. The zero-order chi connectivity index (χ0) is 20.7. The van der Waals surface area contributed by atoms with Crippen molar-refractivity contribution < 1.29 is 4.42 Å². The number of furan rings is 1. The molecule has 0 amide bonds. The summed E-state index contributed by atoms with van der Waals surface area (Å²) in [6, 6.07) is 6.39. The van der Waals surface area contributed by atoms with Crippen LogP contribution in [0.4, 0.5) is 0 Å². The summed E-state index contributed by atoms with van der Waals surface area (Å²) in [7, 11) is 0. The van der Waals surface area contributed by atoms with Crippen LogP contribution in [-0.2, 0) is 0 Å². The first kappa shape index (κ1) is 19.1. The summed E-state index contributed by atoms with van der Waals surface area (Å²) >= 11 is 1.43. The standard InChI is InChI=1S/C23H24N4O2S/c1-15-11-17(16(2)27(15)18-7-4-3-5-8-18)12-25-26-14-24-22-21(23(26)28)19(13-30-22)20-9-6-10-29-20/h6,9-14,18H,3-5,7-8H2,1-2H3/b25-12-. The second kappa shape index (κ2) is 7.72. The summed E-state index contributed by atoms with van der Waals surface area (Å²) in [5.41, 5.74) is 4.07. The van der Waals surface area contributed by atoms with Crippen molar-refractivity contribution in [2.45, 2.75) is 52.0 Å². The van der Waals surface area contributed by atoms with E-state index in [1.165, 1.54) is 65.8 Å². The van der Waals surface area contributed by atoms with E-state index in [1.807, 2.05) is 17.5 Å². The van der Waals surface area contributed by atoms with Crippen molar-refractivity contribution in [2.24, 2.45) is 5.10 Å². The highest BCUT2D eigenvalue weighted by molar-refractivity contribution is 7.17. The number of rotatable bonds is 4. The molecule has 30 heavy (non-hydrogen) atoms. The van der Waals surface area contributed by atoms with Gasteiger partial charge in [-0.25, -0.2) is 4.98 Å². The molecule has 1 aliphatic carbocycles. The number of nitrogens with zero attached hydrogens (tertiary/aromatic N) is 4. The van der Waals surface area contributed by atoms with Gasteiger partial charge in [0.2, 0.25) is 0 Å². The normalized spacial score (nSPS) is 15.5. The van der Waals surface area contributed by atoms with Crippen LogP contribution in [0.1, 0.15) is 55.1 Å². The molecule has 0 N–H and O–H groups in total. The monoisotopic (exact) mass is 420 g/mol. The molecule has 7 heteroatoms. The number of hydrogen-bond acceptors (Lipinski definition) is 5. The fourth-order valence-electron chi connectivity index (χ4n) is 4.58. The van der Waals surface area contributed by atoms with E-state index in [4.69, 9.17) is 4.42 Å². The fraction of sp³-hybridized carbons (Fsp3) is 0.348. The van der Waals surface area contributed by atoms with Gasteiger partial charge in [-0.2, -0.15) is 9.78 Å². The maximum atomic E-state index is 13.1. The van der Waals surface area contributed by atoms with Crippen molar-refractivity contribution in [3.63, 3.8) is 0 Å². The minimum Gasteiger partial charge on any atom is -0.464 e. The largest absolute Gasteiger partial charge is 0.464 e. The quantitative estimate of drug-likeness (QED) is 0.408. The Morgan fingerprint density at radius 3 is 2.87 bits per heavy atom. The molecule has 0 spiro atoms. The Morgan fingerprint density at radius 2 is 2.10 bits per heavy atom. The van der Waals surface area contributed by atoms with Gasteiger partial charge in [-0.1, -0.05) is 19.3 Å². The highest BCUT2D eigenvalue weighted by atomic mass is 32.1. The molecular weight excluding hydrogens is 396 g/mol. The number of hydrogen-bond donors (Lipinski definition) is 0. The molecule has 1 saturated carbocycles.